The molecular formula is C16H24BrN3O. The van der Waals surface area contributed by atoms with Crippen LogP contribution in [0.4, 0.5) is 5.82 Å². The van der Waals surface area contributed by atoms with Crippen LogP contribution in [-0.4, -0.2) is 23.5 Å². The van der Waals surface area contributed by atoms with E-state index in [9.17, 15) is 4.79 Å². The Morgan fingerprint density at radius 1 is 1.38 bits per heavy atom. The average molecular weight is 354 g/mol. The molecular weight excluding hydrogens is 330 g/mol. The number of anilines is 1. The molecule has 21 heavy (non-hydrogen) atoms. The number of nitrogens with zero attached hydrogens (tertiary/aromatic N) is 1. The molecule has 0 aromatic carbocycles. The summed E-state index contributed by atoms with van der Waals surface area (Å²) in [6.07, 6.45) is 7.26. The van der Waals surface area contributed by atoms with Gasteiger partial charge in [-0.3, -0.25) is 4.79 Å². The van der Waals surface area contributed by atoms with Crippen molar-refractivity contribution < 1.29 is 4.79 Å². The summed E-state index contributed by atoms with van der Waals surface area (Å²) < 4.78 is 0.826. The van der Waals surface area contributed by atoms with Crippen LogP contribution in [0.3, 0.4) is 0 Å². The number of amides is 1. The maximum Gasteiger partial charge on any atom is 0.255 e. The molecule has 0 spiro atoms. The number of halogens is 1. The SMILES string of the molecule is CCCNc1ncc(Br)cc1C(=O)NC1CCC(C)CC1. The molecule has 0 unspecified atom stereocenters. The first-order chi connectivity index (χ1) is 10.1. The van der Waals surface area contributed by atoms with Gasteiger partial charge in [0, 0.05) is 23.3 Å². The number of aromatic nitrogens is 1. The van der Waals surface area contributed by atoms with Crippen LogP contribution in [0.1, 0.15) is 56.3 Å². The first-order valence-corrected chi connectivity index (χ1v) is 8.59. The second kappa shape index (κ2) is 7.78. The molecule has 1 saturated carbocycles. The number of nitrogens with one attached hydrogen (secondary N) is 2. The third kappa shape index (κ3) is 4.70. The predicted molar refractivity (Wildman–Crippen MR) is 89.6 cm³/mol. The smallest absolute Gasteiger partial charge is 0.255 e. The van der Waals surface area contributed by atoms with Crippen molar-refractivity contribution in [3.8, 4) is 0 Å². The maximum atomic E-state index is 12.5. The van der Waals surface area contributed by atoms with E-state index in [0.29, 0.717) is 17.4 Å². The monoisotopic (exact) mass is 353 g/mol. The molecule has 0 saturated heterocycles. The Labute approximate surface area is 135 Å². The van der Waals surface area contributed by atoms with Crippen molar-refractivity contribution in [3.05, 3.63) is 22.3 Å². The molecule has 1 fully saturated rings. The summed E-state index contributed by atoms with van der Waals surface area (Å²) in [7, 11) is 0. The van der Waals surface area contributed by atoms with Crippen LogP contribution >= 0.6 is 15.9 Å². The minimum atomic E-state index is -0.0260. The third-order valence-corrected chi connectivity index (χ3v) is 4.43. The Kier molecular flexibility index (Phi) is 6.03. The van der Waals surface area contributed by atoms with Gasteiger partial charge in [-0.2, -0.15) is 0 Å². The Morgan fingerprint density at radius 2 is 2.10 bits per heavy atom. The molecule has 1 aromatic rings. The number of pyridine rings is 1. The van der Waals surface area contributed by atoms with E-state index in [1.165, 1.54) is 12.8 Å². The van der Waals surface area contributed by atoms with Crippen molar-refractivity contribution in [3.63, 3.8) is 0 Å². The van der Waals surface area contributed by atoms with Gasteiger partial charge in [0.05, 0.1) is 5.56 Å². The molecule has 1 aliphatic rings. The molecule has 1 aromatic heterocycles. The Bertz CT molecular complexity index is 484. The molecule has 4 nitrogen and oxygen atoms in total. The van der Waals surface area contributed by atoms with E-state index in [0.717, 1.165) is 36.2 Å². The fourth-order valence-electron chi connectivity index (χ4n) is 2.66. The Morgan fingerprint density at radius 3 is 2.76 bits per heavy atom. The molecule has 2 rings (SSSR count). The van der Waals surface area contributed by atoms with Crippen LogP contribution in [0.25, 0.3) is 0 Å². The van der Waals surface area contributed by atoms with Gasteiger partial charge in [0.1, 0.15) is 5.82 Å². The predicted octanol–water partition coefficient (Wildman–Crippen LogP) is 3.97. The lowest BCUT2D eigenvalue weighted by Gasteiger charge is -2.27. The normalized spacial score (nSPS) is 21.9. The van der Waals surface area contributed by atoms with Crippen molar-refractivity contribution in [2.45, 2.75) is 52.0 Å². The zero-order valence-corrected chi connectivity index (χ0v) is 14.4. The lowest BCUT2D eigenvalue weighted by molar-refractivity contribution is 0.0923. The topological polar surface area (TPSA) is 54.0 Å². The molecule has 0 atom stereocenters. The van der Waals surface area contributed by atoms with Crippen molar-refractivity contribution in [2.24, 2.45) is 5.92 Å². The van der Waals surface area contributed by atoms with Crippen LogP contribution in [0.2, 0.25) is 0 Å². The summed E-state index contributed by atoms with van der Waals surface area (Å²) in [5.74, 6) is 1.43. The van der Waals surface area contributed by atoms with E-state index in [1.54, 1.807) is 6.20 Å². The maximum absolute atomic E-state index is 12.5. The summed E-state index contributed by atoms with van der Waals surface area (Å²) in [4.78, 5) is 16.8. The number of hydrogen-bond acceptors (Lipinski definition) is 3. The summed E-state index contributed by atoms with van der Waals surface area (Å²) in [5.41, 5.74) is 0.622. The second-order valence-corrected chi connectivity index (χ2v) is 6.82. The van der Waals surface area contributed by atoms with Gasteiger partial charge in [-0.15, -0.1) is 0 Å². The minimum Gasteiger partial charge on any atom is -0.369 e. The number of rotatable bonds is 5. The molecule has 0 radical (unpaired) electrons. The van der Waals surface area contributed by atoms with Gasteiger partial charge in [0.2, 0.25) is 0 Å². The van der Waals surface area contributed by atoms with Crippen molar-refractivity contribution >= 4 is 27.7 Å². The lowest BCUT2D eigenvalue weighted by atomic mass is 9.87. The summed E-state index contributed by atoms with van der Waals surface area (Å²) in [6.45, 7) is 5.19. The minimum absolute atomic E-state index is 0.0260. The van der Waals surface area contributed by atoms with Crippen LogP contribution in [0.15, 0.2) is 16.7 Å². The molecule has 2 N–H and O–H groups in total. The van der Waals surface area contributed by atoms with Gasteiger partial charge in [-0.05, 0) is 60.0 Å². The van der Waals surface area contributed by atoms with Gasteiger partial charge in [-0.1, -0.05) is 13.8 Å². The molecule has 5 heteroatoms. The van der Waals surface area contributed by atoms with E-state index in [4.69, 9.17) is 0 Å². The molecule has 1 heterocycles. The first kappa shape index (κ1) is 16.3. The fourth-order valence-corrected chi connectivity index (χ4v) is 3.00. The highest BCUT2D eigenvalue weighted by molar-refractivity contribution is 9.10. The quantitative estimate of drug-likeness (QED) is 0.841. The van der Waals surface area contributed by atoms with Crippen molar-refractivity contribution in [1.29, 1.82) is 0 Å². The zero-order valence-electron chi connectivity index (χ0n) is 12.8. The number of carbonyl (C=O) groups is 1. The van der Waals surface area contributed by atoms with Gasteiger partial charge < -0.3 is 10.6 Å². The standard InChI is InChI=1S/C16H24BrN3O/c1-3-8-18-15-14(9-12(17)10-19-15)16(21)20-13-6-4-11(2)5-7-13/h9-11,13H,3-8H2,1-2H3,(H,18,19)(H,20,21). The van der Waals surface area contributed by atoms with Crippen LogP contribution in [0.5, 0.6) is 0 Å². The summed E-state index contributed by atoms with van der Waals surface area (Å²) in [6, 6.07) is 2.14. The molecule has 1 aliphatic carbocycles. The summed E-state index contributed by atoms with van der Waals surface area (Å²) in [5, 5.41) is 6.38. The molecule has 0 aliphatic heterocycles. The van der Waals surface area contributed by atoms with E-state index in [1.807, 2.05) is 6.07 Å². The van der Waals surface area contributed by atoms with E-state index in [-0.39, 0.29) is 5.91 Å². The summed E-state index contributed by atoms with van der Waals surface area (Å²) >= 11 is 3.40. The van der Waals surface area contributed by atoms with Crippen molar-refractivity contribution in [2.75, 3.05) is 11.9 Å². The Balaban J connectivity index is 2.05. The van der Waals surface area contributed by atoms with Gasteiger partial charge in [-0.25, -0.2) is 4.98 Å². The third-order valence-electron chi connectivity index (χ3n) is 3.99. The second-order valence-electron chi connectivity index (χ2n) is 5.91. The number of carbonyl (C=O) groups excluding carboxylic acids is 1. The van der Waals surface area contributed by atoms with Gasteiger partial charge >= 0.3 is 0 Å². The van der Waals surface area contributed by atoms with Crippen molar-refractivity contribution in [1.82, 2.24) is 10.3 Å². The highest BCUT2D eigenvalue weighted by atomic mass is 79.9. The Hall–Kier alpha value is -1.10. The molecule has 116 valence electrons. The fraction of sp³-hybridized carbons (Fsp3) is 0.625. The van der Waals surface area contributed by atoms with Crippen LogP contribution in [0, 0.1) is 5.92 Å². The van der Waals surface area contributed by atoms with E-state index in [2.05, 4.69) is 45.4 Å². The van der Waals surface area contributed by atoms with Gasteiger partial charge in [0.15, 0.2) is 0 Å². The highest BCUT2D eigenvalue weighted by Crippen LogP contribution is 2.24. The van der Waals surface area contributed by atoms with Gasteiger partial charge in [0.25, 0.3) is 5.91 Å². The molecule has 0 bridgehead atoms. The average Bonchev–Trinajstić information content (AvgIpc) is 2.48. The zero-order chi connectivity index (χ0) is 15.2. The van der Waals surface area contributed by atoms with E-state index < -0.39 is 0 Å². The largest absolute Gasteiger partial charge is 0.369 e. The highest BCUT2D eigenvalue weighted by Gasteiger charge is 2.22. The van der Waals surface area contributed by atoms with Crippen LogP contribution < -0.4 is 10.6 Å². The first-order valence-electron chi connectivity index (χ1n) is 7.80. The van der Waals surface area contributed by atoms with Crippen LogP contribution in [-0.2, 0) is 0 Å². The molecule has 1 amide bonds. The lowest BCUT2D eigenvalue weighted by Crippen LogP contribution is -2.37. The van der Waals surface area contributed by atoms with E-state index >= 15 is 0 Å². The number of hydrogen-bond donors (Lipinski definition) is 2.